The fraction of sp³-hybridized carbons (Fsp3) is 0.484. The maximum atomic E-state index is 13.1. The van der Waals surface area contributed by atoms with Crippen molar-refractivity contribution >= 4 is 33.9 Å². The molecule has 0 saturated heterocycles. The Labute approximate surface area is 229 Å². The van der Waals surface area contributed by atoms with E-state index in [1.165, 1.54) is 0 Å². The highest BCUT2D eigenvalue weighted by atomic mass is 16.2. The normalized spacial score (nSPS) is 20.3. The molecule has 0 spiro atoms. The molecule has 4 aromatic rings. The number of benzene rings is 1. The molecule has 2 bridgehead atoms. The first kappa shape index (κ1) is 25.6. The van der Waals surface area contributed by atoms with E-state index in [2.05, 4.69) is 39.7 Å². The predicted octanol–water partition coefficient (Wildman–Crippen LogP) is 5.39. The number of carbonyl (C=O) groups is 2. The van der Waals surface area contributed by atoms with Crippen LogP contribution in [0.4, 0.5) is 0 Å². The number of hydrogen-bond donors (Lipinski definition) is 1. The summed E-state index contributed by atoms with van der Waals surface area (Å²) in [5.74, 6) is 1.02. The summed E-state index contributed by atoms with van der Waals surface area (Å²) in [5, 5.41) is 4.26. The van der Waals surface area contributed by atoms with Gasteiger partial charge in [-0.05, 0) is 62.1 Å². The second-order valence-corrected chi connectivity index (χ2v) is 12.0. The minimum Gasteiger partial charge on any atom is -0.348 e. The maximum Gasteiger partial charge on any atom is 0.253 e. The highest BCUT2D eigenvalue weighted by Gasteiger charge is 2.29. The quantitative estimate of drug-likeness (QED) is 0.361. The van der Waals surface area contributed by atoms with Gasteiger partial charge in [-0.2, -0.15) is 0 Å². The molecule has 0 radical (unpaired) electrons. The average molecular weight is 527 g/mol. The highest BCUT2D eigenvalue weighted by Crippen LogP contribution is 2.33. The lowest BCUT2D eigenvalue weighted by Gasteiger charge is -2.26. The van der Waals surface area contributed by atoms with E-state index >= 15 is 0 Å². The van der Waals surface area contributed by atoms with Crippen LogP contribution in [-0.2, 0) is 24.8 Å². The number of nitrogens with zero attached hydrogens (tertiary/aromatic N) is 5. The fourth-order valence-corrected chi connectivity index (χ4v) is 6.08. The number of aryl methyl sites for hydroxylation is 2. The second-order valence-electron chi connectivity index (χ2n) is 12.0. The van der Waals surface area contributed by atoms with Crippen LogP contribution < -0.4 is 5.32 Å². The molecule has 2 aliphatic heterocycles. The van der Waals surface area contributed by atoms with Gasteiger partial charge in [-0.25, -0.2) is 9.97 Å². The van der Waals surface area contributed by atoms with Crippen molar-refractivity contribution in [3.05, 3.63) is 47.2 Å². The van der Waals surface area contributed by atoms with E-state index in [-0.39, 0.29) is 17.9 Å². The second kappa shape index (κ2) is 9.50. The Hall–Kier alpha value is -3.68. The first-order valence-corrected chi connectivity index (χ1v) is 14.2. The van der Waals surface area contributed by atoms with Crippen LogP contribution in [0.3, 0.4) is 0 Å². The Kier molecular flexibility index (Phi) is 6.24. The molecule has 2 amide bonds. The summed E-state index contributed by atoms with van der Waals surface area (Å²) in [6.45, 7) is 7.67. The Morgan fingerprint density at radius 3 is 2.59 bits per heavy atom. The van der Waals surface area contributed by atoms with E-state index in [1.54, 1.807) is 4.90 Å². The van der Waals surface area contributed by atoms with Gasteiger partial charge in [0.1, 0.15) is 5.65 Å². The zero-order valence-electron chi connectivity index (χ0n) is 23.7. The number of hydrogen-bond acceptors (Lipinski definition) is 4. The van der Waals surface area contributed by atoms with Crippen molar-refractivity contribution < 1.29 is 9.59 Å². The number of amides is 2. The Balaban J connectivity index is 1.47. The van der Waals surface area contributed by atoms with E-state index in [0.717, 1.165) is 102 Å². The molecule has 5 heterocycles. The number of aromatic nitrogens is 4. The van der Waals surface area contributed by atoms with Crippen LogP contribution in [0.25, 0.3) is 33.6 Å². The van der Waals surface area contributed by atoms with Gasteiger partial charge >= 0.3 is 0 Å². The van der Waals surface area contributed by atoms with Gasteiger partial charge in [0, 0.05) is 43.5 Å². The summed E-state index contributed by atoms with van der Waals surface area (Å²) < 4.78 is 4.44. The summed E-state index contributed by atoms with van der Waals surface area (Å²) in [6, 6.07) is 10.2. The first-order valence-electron chi connectivity index (χ1n) is 14.2. The monoisotopic (exact) mass is 526 g/mol. The molecule has 2 aliphatic rings. The average Bonchev–Trinajstić information content (AvgIpc) is 3.43. The van der Waals surface area contributed by atoms with Crippen molar-refractivity contribution in [1.29, 1.82) is 0 Å². The van der Waals surface area contributed by atoms with Crippen LogP contribution in [0.2, 0.25) is 0 Å². The van der Waals surface area contributed by atoms with Crippen LogP contribution in [0, 0.1) is 5.41 Å². The van der Waals surface area contributed by atoms with Crippen molar-refractivity contribution in [2.45, 2.75) is 71.9 Å². The highest BCUT2D eigenvalue weighted by molar-refractivity contribution is 6.00. The summed E-state index contributed by atoms with van der Waals surface area (Å²) in [6.07, 6.45) is 5.99. The predicted molar refractivity (Wildman–Crippen MR) is 154 cm³/mol. The van der Waals surface area contributed by atoms with Crippen LogP contribution in [0.15, 0.2) is 30.3 Å². The topological polar surface area (TPSA) is 85.0 Å². The standard InChI is InChI=1S/C31H38N6O2/c1-19-23-11-10-21-17-26(37(27(21)33-23)14-9-7-6-8-13-31(2,3)30(39)32-19)28-34-24-18-22-20(16-25(24)36(28)5)12-15-35(4)29(22)38/h10-11,16-19H,6-9,12-15H2,1-5H3,(H,32,39)/t19-/m1/s1. The van der Waals surface area contributed by atoms with E-state index < -0.39 is 5.41 Å². The summed E-state index contributed by atoms with van der Waals surface area (Å²) in [4.78, 5) is 37.8. The molecule has 1 N–H and O–H groups in total. The smallest absolute Gasteiger partial charge is 0.253 e. The lowest BCUT2D eigenvalue weighted by Crippen LogP contribution is -2.38. The largest absolute Gasteiger partial charge is 0.348 e. The molecule has 1 aromatic carbocycles. The molecule has 0 fully saturated rings. The van der Waals surface area contributed by atoms with Crippen molar-refractivity contribution in [1.82, 2.24) is 29.3 Å². The van der Waals surface area contributed by atoms with E-state index in [9.17, 15) is 9.59 Å². The number of likely N-dealkylation sites (N-methyl/N-ethyl adjacent to an activating group) is 1. The third kappa shape index (κ3) is 4.39. The summed E-state index contributed by atoms with van der Waals surface area (Å²) >= 11 is 0. The molecule has 0 saturated carbocycles. The lowest BCUT2D eigenvalue weighted by molar-refractivity contribution is -0.130. The summed E-state index contributed by atoms with van der Waals surface area (Å²) in [5.41, 5.74) is 6.13. The number of rotatable bonds is 1. The van der Waals surface area contributed by atoms with Gasteiger partial charge in [0.05, 0.1) is 28.5 Å². The molecule has 204 valence electrons. The molecule has 1 atom stereocenters. The molecular formula is C31H38N6O2. The molecule has 39 heavy (non-hydrogen) atoms. The van der Waals surface area contributed by atoms with E-state index in [4.69, 9.17) is 9.97 Å². The Morgan fingerprint density at radius 2 is 1.77 bits per heavy atom. The lowest BCUT2D eigenvalue weighted by atomic mass is 9.85. The maximum absolute atomic E-state index is 13.1. The van der Waals surface area contributed by atoms with Crippen molar-refractivity contribution in [2.24, 2.45) is 12.5 Å². The van der Waals surface area contributed by atoms with Gasteiger partial charge < -0.3 is 19.4 Å². The van der Waals surface area contributed by atoms with Gasteiger partial charge in [-0.3, -0.25) is 9.59 Å². The number of nitrogens with one attached hydrogen (secondary N) is 1. The van der Waals surface area contributed by atoms with Gasteiger partial charge in [-0.1, -0.05) is 33.1 Å². The molecular weight excluding hydrogens is 488 g/mol. The van der Waals surface area contributed by atoms with Crippen molar-refractivity contribution in [2.75, 3.05) is 13.6 Å². The molecule has 3 aromatic heterocycles. The molecule has 0 unspecified atom stereocenters. The number of fused-ring (bicyclic) bond motifs is 3. The summed E-state index contributed by atoms with van der Waals surface area (Å²) in [7, 11) is 3.91. The minimum atomic E-state index is -0.394. The molecule has 0 aliphatic carbocycles. The Bertz CT molecular complexity index is 1610. The van der Waals surface area contributed by atoms with Crippen LogP contribution in [0.5, 0.6) is 0 Å². The number of pyridine rings is 1. The third-order valence-electron chi connectivity index (χ3n) is 8.73. The molecule has 8 heteroatoms. The van der Waals surface area contributed by atoms with E-state index in [0.29, 0.717) is 0 Å². The van der Waals surface area contributed by atoms with Crippen LogP contribution in [-0.4, -0.2) is 49.4 Å². The van der Waals surface area contributed by atoms with Gasteiger partial charge in [0.25, 0.3) is 5.91 Å². The molecule has 6 rings (SSSR count). The van der Waals surface area contributed by atoms with Gasteiger partial charge in [0.15, 0.2) is 5.82 Å². The number of imidazole rings is 1. The fourth-order valence-electron chi connectivity index (χ4n) is 6.08. The first-order chi connectivity index (χ1) is 18.6. The van der Waals surface area contributed by atoms with Crippen LogP contribution >= 0.6 is 0 Å². The third-order valence-corrected chi connectivity index (χ3v) is 8.73. The van der Waals surface area contributed by atoms with E-state index in [1.807, 2.05) is 40.0 Å². The number of carbonyl (C=O) groups excluding carboxylic acids is 2. The van der Waals surface area contributed by atoms with Crippen LogP contribution in [0.1, 0.15) is 80.5 Å². The van der Waals surface area contributed by atoms with Gasteiger partial charge in [-0.15, -0.1) is 0 Å². The SMILES string of the molecule is C[C@H]1NC(=O)C(C)(C)CCCCCCn2c(-c3nc4cc5c(cc4n3C)CCN(C)C5=O)cc3ccc1nc32. The minimum absolute atomic E-state index is 0.0638. The zero-order chi connectivity index (χ0) is 27.5. The van der Waals surface area contributed by atoms with Crippen molar-refractivity contribution in [3.63, 3.8) is 0 Å². The molecule has 8 nitrogen and oxygen atoms in total. The van der Waals surface area contributed by atoms with Crippen molar-refractivity contribution in [3.8, 4) is 11.5 Å². The zero-order valence-corrected chi connectivity index (χ0v) is 23.7. The Morgan fingerprint density at radius 1 is 0.974 bits per heavy atom. The van der Waals surface area contributed by atoms with Gasteiger partial charge in [0.2, 0.25) is 5.91 Å².